The molecule has 5 heteroatoms. The van der Waals surface area contributed by atoms with Gasteiger partial charge in [0.05, 0.1) is 18.3 Å². The summed E-state index contributed by atoms with van der Waals surface area (Å²) in [6.45, 7) is 4.11. The highest BCUT2D eigenvalue weighted by atomic mass is 35.5. The van der Waals surface area contributed by atoms with Crippen molar-refractivity contribution in [3.8, 4) is 0 Å². The second kappa shape index (κ2) is 7.09. The fourth-order valence-electron chi connectivity index (χ4n) is 1.86. The molecule has 110 valence electrons. The molecule has 2 aromatic rings. The fraction of sp³-hybridized carbons (Fsp3) is 0.250. The number of benzene rings is 1. The molecule has 1 heterocycles. The summed E-state index contributed by atoms with van der Waals surface area (Å²) in [5.74, 6) is 0.442. The fourth-order valence-corrected chi connectivity index (χ4v) is 1.99. The first-order valence-corrected chi connectivity index (χ1v) is 7.17. The Bertz CT molecular complexity index is 594. The number of amides is 1. The van der Waals surface area contributed by atoms with Crippen LogP contribution in [-0.2, 0) is 11.2 Å². The molecule has 0 aliphatic heterocycles. The van der Waals surface area contributed by atoms with Gasteiger partial charge in [-0.1, -0.05) is 23.7 Å². The molecule has 0 bridgehead atoms. The number of anilines is 2. The van der Waals surface area contributed by atoms with Crippen molar-refractivity contribution in [1.29, 1.82) is 0 Å². The van der Waals surface area contributed by atoms with Gasteiger partial charge in [0, 0.05) is 11.1 Å². The van der Waals surface area contributed by atoms with Crippen LogP contribution < -0.4 is 10.6 Å². The normalized spacial score (nSPS) is 10.5. The van der Waals surface area contributed by atoms with Gasteiger partial charge in [-0.05, 0) is 43.7 Å². The van der Waals surface area contributed by atoms with Crippen LogP contribution in [0.4, 0.5) is 11.5 Å². The van der Waals surface area contributed by atoms with E-state index in [2.05, 4.69) is 29.5 Å². The lowest BCUT2D eigenvalue weighted by atomic mass is 10.1. The van der Waals surface area contributed by atoms with Crippen LogP contribution in [0.2, 0.25) is 5.02 Å². The Morgan fingerprint density at radius 3 is 2.48 bits per heavy atom. The maximum atomic E-state index is 11.9. The molecular weight excluding hydrogens is 286 g/mol. The summed E-state index contributed by atoms with van der Waals surface area (Å²) >= 11 is 5.81. The molecule has 4 nitrogen and oxygen atoms in total. The van der Waals surface area contributed by atoms with Crippen LogP contribution in [-0.4, -0.2) is 16.9 Å². The predicted octanol–water partition coefficient (Wildman–Crippen LogP) is 3.74. The van der Waals surface area contributed by atoms with E-state index in [1.165, 1.54) is 0 Å². The smallest absolute Gasteiger partial charge is 0.229 e. The number of carbonyl (C=O) groups excluding carboxylic acids is 1. The molecule has 0 unspecified atom stereocenters. The minimum Gasteiger partial charge on any atom is -0.382 e. The Kier molecular flexibility index (Phi) is 5.17. The van der Waals surface area contributed by atoms with Crippen molar-refractivity contribution in [3.05, 3.63) is 53.2 Å². The van der Waals surface area contributed by atoms with Crippen molar-refractivity contribution in [2.45, 2.75) is 26.3 Å². The monoisotopic (exact) mass is 303 g/mol. The molecule has 0 saturated heterocycles. The largest absolute Gasteiger partial charge is 0.382 e. The van der Waals surface area contributed by atoms with Gasteiger partial charge in [-0.3, -0.25) is 4.79 Å². The number of aromatic nitrogens is 1. The van der Waals surface area contributed by atoms with E-state index >= 15 is 0 Å². The number of pyridine rings is 1. The van der Waals surface area contributed by atoms with Crippen molar-refractivity contribution < 1.29 is 4.79 Å². The van der Waals surface area contributed by atoms with E-state index in [1.807, 2.05) is 18.2 Å². The quantitative estimate of drug-likeness (QED) is 0.885. The number of nitrogens with one attached hydrogen (secondary N) is 2. The SMILES string of the molecule is CC(C)Nc1ccc(NC(=O)Cc2ccc(Cl)cc2)nc1. The molecule has 1 amide bonds. The second-order valence-electron chi connectivity index (χ2n) is 5.08. The van der Waals surface area contributed by atoms with Crippen LogP contribution in [0.3, 0.4) is 0 Å². The molecule has 2 N–H and O–H groups in total. The maximum absolute atomic E-state index is 11.9. The first-order chi connectivity index (χ1) is 10.0. The predicted molar refractivity (Wildman–Crippen MR) is 86.8 cm³/mol. The van der Waals surface area contributed by atoms with Crippen molar-refractivity contribution in [2.24, 2.45) is 0 Å². The van der Waals surface area contributed by atoms with Crippen LogP contribution in [0.1, 0.15) is 19.4 Å². The van der Waals surface area contributed by atoms with Gasteiger partial charge in [-0.2, -0.15) is 0 Å². The van der Waals surface area contributed by atoms with Crippen molar-refractivity contribution in [3.63, 3.8) is 0 Å². The zero-order valence-electron chi connectivity index (χ0n) is 12.1. The minimum absolute atomic E-state index is 0.102. The molecule has 21 heavy (non-hydrogen) atoms. The summed E-state index contributed by atoms with van der Waals surface area (Å²) in [5.41, 5.74) is 1.84. The van der Waals surface area contributed by atoms with Gasteiger partial charge in [0.25, 0.3) is 0 Å². The summed E-state index contributed by atoms with van der Waals surface area (Å²) in [5, 5.41) is 6.68. The van der Waals surface area contributed by atoms with Gasteiger partial charge in [0.15, 0.2) is 0 Å². The lowest BCUT2D eigenvalue weighted by Gasteiger charge is -2.10. The van der Waals surface area contributed by atoms with Gasteiger partial charge >= 0.3 is 0 Å². The van der Waals surface area contributed by atoms with E-state index in [1.54, 1.807) is 24.4 Å². The number of rotatable bonds is 5. The topological polar surface area (TPSA) is 54.0 Å². The molecule has 0 saturated carbocycles. The molecule has 1 aromatic carbocycles. The Hall–Kier alpha value is -2.07. The van der Waals surface area contributed by atoms with E-state index in [0.29, 0.717) is 23.3 Å². The van der Waals surface area contributed by atoms with Gasteiger partial charge in [0.2, 0.25) is 5.91 Å². The first kappa shape index (κ1) is 15.3. The number of hydrogen-bond donors (Lipinski definition) is 2. The third kappa shape index (κ3) is 5.08. The third-order valence-corrected chi connectivity index (χ3v) is 3.02. The van der Waals surface area contributed by atoms with Crippen LogP contribution in [0.5, 0.6) is 0 Å². The van der Waals surface area contributed by atoms with Gasteiger partial charge < -0.3 is 10.6 Å². The van der Waals surface area contributed by atoms with E-state index in [-0.39, 0.29) is 5.91 Å². The lowest BCUT2D eigenvalue weighted by molar-refractivity contribution is -0.115. The molecule has 0 aliphatic rings. The van der Waals surface area contributed by atoms with Gasteiger partial charge in [0.1, 0.15) is 5.82 Å². The molecule has 2 rings (SSSR count). The standard InChI is InChI=1S/C16H18ClN3O/c1-11(2)19-14-7-8-15(18-10-14)20-16(21)9-12-3-5-13(17)6-4-12/h3-8,10-11,19H,9H2,1-2H3,(H,18,20,21). The van der Waals surface area contributed by atoms with E-state index in [9.17, 15) is 4.79 Å². The Morgan fingerprint density at radius 1 is 1.19 bits per heavy atom. The van der Waals surface area contributed by atoms with Crippen molar-refractivity contribution in [2.75, 3.05) is 10.6 Å². The molecule has 0 aliphatic carbocycles. The van der Waals surface area contributed by atoms with E-state index < -0.39 is 0 Å². The first-order valence-electron chi connectivity index (χ1n) is 6.80. The molecule has 1 aromatic heterocycles. The zero-order valence-corrected chi connectivity index (χ0v) is 12.8. The highest BCUT2D eigenvalue weighted by molar-refractivity contribution is 6.30. The summed E-state index contributed by atoms with van der Waals surface area (Å²) in [4.78, 5) is 16.1. The van der Waals surface area contributed by atoms with E-state index in [0.717, 1.165) is 11.3 Å². The molecule has 0 fully saturated rings. The second-order valence-corrected chi connectivity index (χ2v) is 5.52. The number of hydrogen-bond acceptors (Lipinski definition) is 3. The lowest BCUT2D eigenvalue weighted by Crippen LogP contribution is -2.15. The Labute approximate surface area is 129 Å². The van der Waals surface area contributed by atoms with E-state index in [4.69, 9.17) is 11.6 Å². The zero-order chi connectivity index (χ0) is 15.2. The summed E-state index contributed by atoms with van der Waals surface area (Å²) < 4.78 is 0. The highest BCUT2D eigenvalue weighted by Gasteiger charge is 2.05. The average molecular weight is 304 g/mol. The average Bonchev–Trinajstić information content (AvgIpc) is 2.43. The van der Waals surface area contributed by atoms with Gasteiger partial charge in [-0.25, -0.2) is 4.98 Å². The third-order valence-electron chi connectivity index (χ3n) is 2.76. The summed E-state index contributed by atoms with van der Waals surface area (Å²) in [6.07, 6.45) is 2.00. The Morgan fingerprint density at radius 2 is 1.90 bits per heavy atom. The van der Waals surface area contributed by atoms with Crippen LogP contribution in [0.15, 0.2) is 42.6 Å². The summed E-state index contributed by atoms with van der Waals surface area (Å²) in [6, 6.07) is 11.2. The molecule has 0 atom stereocenters. The molecular formula is C16H18ClN3O. The maximum Gasteiger partial charge on any atom is 0.229 e. The highest BCUT2D eigenvalue weighted by Crippen LogP contribution is 2.13. The number of halogens is 1. The van der Waals surface area contributed by atoms with Crippen molar-refractivity contribution >= 4 is 29.0 Å². The van der Waals surface area contributed by atoms with Crippen LogP contribution in [0.25, 0.3) is 0 Å². The molecule has 0 spiro atoms. The number of carbonyl (C=O) groups is 1. The van der Waals surface area contributed by atoms with Gasteiger partial charge in [-0.15, -0.1) is 0 Å². The van der Waals surface area contributed by atoms with Crippen LogP contribution >= 0.6 is 11.6 Å². The van der Waals surface area contributed by atoms with Crippen molar-refractivity contribution in [1.82, 2.24) is 4.98 Å². The minimum atomic E-state index is -0.102. The molecule has 0 radical (unpaired) electrons. The number of nitrogens with zero attached hydrogens (tertiary/aromatic N) is 1. The Balaban J connectivity index is 1.91. The summed E-state index contributed by atoms with van der Waals surface area (Å²) in [7, 11) is 0. The van der Waals surface area contributed by atoms with Crippen LogP contribution in [0, 0.1) is 0 Å².